The maximum atomic E-state index is 12.7. The summed E-state index contributed by atoms with van der Waals surface area (Å²) in [5.74, 6) is -0.00570. The van der Waals surface area contributed by atoms with Crippen LogP contribution in [0.5, 0.6) is 0 Å². The molecular weight excluding hydrogens is 413 g/mol. The van der Waals surface area contributed by atoms with Crippen molar-refractivity contribution in [3.8, 4) is 0 Å². The Hall–Kier alpha value is -1.85. The van der Waals surface area contributed by atoms with E-state index in [9.17, 15) is 8.42 Å². The van der Waals surface area contributed by atoms with Crippen molar-refractivity contribution in [2.75, 3.05) is 6.54 Å². The van der Waals surface area contributed by atoms with Gasteiger partial charge in [-0.15, -0.1) is 0 Å². The van der Waals surface area contributed by atoms with Crippen LogP contribution in [0.15, 0.2) is 83.8 Å². The van der Waals surface area contributed by atoms with Crippen molar-refractivity contribution in [2.24, 2.45) is 0 Å². The van der Waals surface area contributed by atoms with Crippen molar-refractivity contribution in [3.05, 3.63) is 100 Å². The fraction of sp³-hybridized carbons (Fsp3) is 0.182. The Morgan fingerprint density at radius 1 is 0.786 bits per heavy atom. The predicted molar refractivity (Wildman–Crippen MR) is 116 cm³/mol. The lowest BCUT2D eigenvalue weighted by Crippen LogP contribution is -2.30. The summed E-state index contributed by atoms with van der Waals surface area (Å²) in [5, 5.41) is 1.32. The lowest BCUT2D eigenvalue weighted by molar-refractivity contribution is 0.539. The van der Waals surface area contributed by atoms with Gasteiger partial charge in [0.25, 0.3) is 0 Å². The van der Waals surface area contributed by atoms with E-state index in [1.165, 1.54) is 0 Å². The van der Waals surface area contributed by atoms with Gasteiger partial charge in [-0.3, -0.25) is 0 Å². The number of sulfonamides is 1. The van der Waals surface area contributed by atoms with Crippen LogP contribution < -0.4 is 4.72 Å². The first-order chi connectivity index (χ1) is 13.4. The molecule has 0 saturated heterocycles. The molecule has 0 aliphatic carbocycles. The highest BCUT2D eigenvalue weighted by Gasteiger charge is 2.24. The molecule has 0 amide bonds. The van der Waals surface area contributed by atoms with E-state index in [1.807, 2.05) is 48.5 Å². The Morgan fingerprint density at radius 2 is 1.29 bits per heavy atom. The fourth-order valence-corrected chi connectivity index (χ4v) is 4.51. The number of halogens is 2. The van der Waals surface area contributed by atoms with Gasteiger partial charge in [-0.25, -0.2) is 13.1 Å². The standard InChI is InChI=1S/C22H21Cl2NO2S/c1-16(17-7-11-19(23)12-8-17)22(18-9-13-20(24)14-10-18)15-25-28(26,27)21-5-3-2-4-6-21/h2-14,16,22,25H,15H2,1H3. The van der Waals surface area contributed by atoms with E-state index in [1.54, 1.807) is 30.3 Å². The molecule has 146 valence electrons. The Kier molecular flexibility index (Phi) is 6.78. The van der Waals surface area contributed by atoms with Crippen LogP contribution in [-0.2, 0) is 10.0 Å². The monoisotopic (exact) mass is 433 g/mol. The molecule has 0 aliphatic heterocycles. The summed E-state index contributed by atoms with van der Waals surface area (Å²) in [4.78, 5) is 0.254. The van der Waals surface area contributed by atoms with Crippen molar-refractivity contribution < 1.29 is 8.42 Å². The number of rotatable bonds is 7. The summed E-state index contributed by atoms with van der Waals surface area (Å²) in [5.41, 5.74) is 2.10. The number of hydrogen-bond acceptors (Lipinski definition) is 2. The van der Waals surface area contributed by atoms with Crippen LogP contribution in [0, 0.1) is 0 Å². The third-order valence-electron chi connectivity index (χ3n) is 4.84. The average Bonchev–Trinajstić information content (AvgIpc) is 2.70. The van der Waals surface area contributed by atoms with Crippen molar-refractivity contribution in [1.82, 2.24) is 4.72 Å². The largest absolute Gasteiger partial charge is 0.240 e. The predicted octanol–water partition coefficient (Wildman–Crippen LogP) is 5.86. The minimum absolute atomic E-state index is 0.0666. The van der Waals surface area contributed by atoms with Gasteiger partial charge in [-0.1, -0.05) is 72.6 Å². The maximum absolute atomic E-state index is 12.7. The number of nitrogens with one attached hydrogen (secondary N) is 1. The van der Waals surface area contributed by atoms with Crippen LogP contribution in [-0.4, -0.2) is 15.0 Å². The lowest BCUT2D eigenvalue weighted by atomic mass is 9.83. The second kappa shape index (κ2) is 9.10. The Balaban J connectivity index is 1.88. The van der Waals surface area contributed by atoms with Crippen molar-refractivity contribution in [1.29, 1.82) is 0 Å². The van der Waals surface area contributed by atoms with Crippen LogP contribution in [0.1, 0.15) is 29.9 Å². The van der Waals surface area contributed by atoms with E-state index in [2.05, 4.69) is 11.6 Å². The molecular formula is C22H21Cl2NO2S. The first-order valence-electron chi connectivity index (χ1n) is 8.92. The van der Waals surface area contributed by atoms with Gasteiger partial charge < -0.3 is 0 Å². The van der Waals surface area contributed by atoms with E-state index in [4.69, 9.17) is 23.2 Å². The van der Waals surface area contributed by atoms with Gasteiger partial charge in [-0.2, -0.15) is 0 Å². The lowest BCUT2D eigenvalue weighted by Gasteiger charge is -2.25. The van der Waals surface area contributed by atoms with E-state index in [0.717, 1.165) is 11.1 Å². The molecule has 0 bridgehead atoms. The van der Waals surface area contributed by atoms with E-state index in [0.29, 0.717) is 10.0 Å². The topological polar surface area (TPSA) is 46.2 Å². The van der Waals surface area contributed by atoms with Crippen molar-refractivity contribution in [2.45, 2.75) is 23.7 Å². The zero-order valence-electron chi connectivity index (χ0n) is 15.3. The van der Waals surface area contributed by atoms with Crippen LogP contribution in [0.25, 0.3) is 0 Å². The van der Waals surface area contributed by atoms with Gasteiger partial charge in [0.1, 0.15) is 0 Å². The van der Waals surface area contributed by atoms with Crippen molar-refractivity contribution in [3.63, 3.8) is 0 Å². The fourth-order valence-electron chi connectivity index (χ4n) is 3.17. The van der Waals surface area contributed by atoms with Gasteiger partial charge in [0.05, 0.1) is 4.90 Å². The molecule has 2 atom stereocenters. The molecule has 3 aromatic carbocycles. The third kappa shape index (κ3) is 5.15. The highest BCUT2D eigenvalue weighted by Crippen LogP contribution is 2.33. The Labute approximate surface area is 176 Å². The van der Waals surface area contributed by atoms with Crippen LogP contribution in [0.4, 0.5) is 0 Å². The van der Waals surface area contributed by atoms with Crippen LogP contribution in [0.2, 0.25) is 10.0 Å². The quantitative estimate of drug-likeness (QED) is 0.506. The van der Waals surface area contributed by atoms with E-state index >= 15 is 0 Å². The highest BCUT2D eigenvalue weighted by atomic mass is 35.5. The SMILES string of the molecule is CC(c1ccc(Cl)cc1)C(CNS(=O)(=O)c1ccccc1)c1ccc(Cl)cc1. The Morgan fingerprint density at radius 3 is 1.82 bits per heavy atom. The molecule has 6 heteroatoms. The van der Waals surface area contributed by atoms with Gasteiger partial charge in [0.15, 0.2) is 0 Å². The molecule has 2 unspecified atom stereocenters. The maximum Gasteiger partial charge on any atom is 0.240 e. The molecule has 0 aromatic heterocycles. The smallest absolute Gasteiger partial charge is 0.211 e. The molecule has 3 rings (SSSR count). The first-order valence-corrected chi connectivity index (χ1v) is 11.2. The molecule has 0 saturated carbocycles. The summed E-state index contributed by atoms with van der Waals surface area (Å²) in [6, 6.07) is 23.6. The van der Waals surface area contributed by atoms with Gasteiger partial charge in [0.2, 0.25) is 10.0 Å². The number of hydrogen-bond donors (Lipinski definition) is 1. The number of benzene rings is 3. The molecule has 0 spiro atoms. The summed E-state index contributed by atoms with van der Waals surface area (Å²) in [6.45, 7) is 2.35. The molecule has 0 radical (unpaired) electrons. The zero-order valence-corrected chi connectivity index (χ0v) is 17.7. The first kappa shape index (κ1) is 20.9. The summed E-state index contributed by atoms with van der Waals surface area (Å²) in [7, 11) is -3.59. The van der Waals surface area contributed by atoms with Gasteiger partial charge in [-0.05, 0) is 53.4 Å². The van der Waals surface area contributed by atoms with Crippen molar-refractivity contribution >= 4 is 33.2 Å². The molecule has 28 heavy (non-hydrogen) atoms. The zero-order chi connectivity index (χ0) is 20.1. The van der Waals surface area contributed by atoms with Gasteiger partial charge in [0, 0.05) is 22.5 Å². The Bertz CT molecular complexity index is 1000. The molecule has 3 aromatic rings. The minimum atomic E-state index is -3.59. The van der Waals surface area contributed by atoms with Gasteiger partial charge >= 0.3 is 0 Å². The molecule has 1 N–H and O–H groups in total. The summed E-state index contributed by atoms with van der Waals surface area (Å²) in [6.07, 6.45) is 0. The van der Waals surface area contributed by atoms with Crippen LogP contribution >= 0.6 is 23.2 Å². The van der Waals surface area contributed by atoms with E-state index < -0.39 is 10.0 Å². The second-order valence-electron chi connectivity index (χ2n) is 6.66. The highest BCUT2D eigenvalue weighted by molar-refractivity contribution is 7.89. The summed E-state index contributed by atoms with van der Waals surface area (Å²) >= 11 is 12.0. The van der Waals surface area contributed by atoms with Crippen LogP contribution in [0.3, 0.4) is 0 Å². The molecule has 0 fully saturated rings. The van der Waals surface area contributed by atoms with E-state index in [-0.39, 0.29) is 23.3 Å². The third-order valence-corrected chi connectivity index (χ3v) is 6.79. The molecule has 3 nitrogen and oxygen atoms in total. The normalized spacial score (nSPS) is 13.8. The molecule has 0 heterocycles. The minimum Gasteiger partial charge on any atom is -0.211 e. The molecule has 0 aliphatic rings. The second-order valence-corrected chi connectivity index (χ2v) is 9.30. The summed E-state index contributed by atoms with van der Waals surface area (Å²) < 4.78 is 28.1. The average molecular weight is 434 g/mol.